The lowest BCUT2D eigenvalue weighted by molar-refractivity contribution is -0.192. The van der Waals surface area contributed by atoms with Gasteiger partial charge in [0.05, 0.1) is 22.9 Å². The van der Waals surface area contributed by atoms with Crippen molar-refractivity contribution in [2.75, 3.05) is 25.5 Å². The van der Waals surface area contributed by atoms with E-state index in [9.17, 15) is 31.5 Å². The van der Waals surface area contributed by atoms with E-state index in [2.05, 4.69) is 15.3 Å². The maximum Gasteiger partial charge on any atom is 0.490 e. The van der Waals surface area contributed by atoms with Crippen LogP contribution in [-0.2, 0) is 9.59 Å². The van der Waals surface area contributed by atoms with E-state index in [1.54, 1.807) is 6.07 Å². The zero-order valence-electron chi connectivity index (χ0n) is 19.4. The third kappa shape index (κ3) is 6.78. The highest BCUT2D eigenvalue weighted by Gasteiger charge is 2.38. The molecule has 0 bridgehead atoms. The van der Waals surface area contributed by atoms with E-state index < -0.39 is 29.7 Å². The van der Waals surface area contributed by atoms with Gasteiger partial charge in [-0.2, -0.15) is 18.3 Å². The third-order valence-electron chi connectivity index (χ3n) is 5.55. The van der Waals surface area contributed by atoms with Gasteiger partial charge in [-0.3, -0.25) is 9.59 Å². The number of nitrogens with two attached hydrogens (primary N) is 1. The Hall–Kier alpha value is -4.07. The highest BCUT2D eigenvalue weighted by molar-refractivity contribution is 6.04. The molecule has 0 saturated carbocycles. The normalized spacial score (nSPS) is 16.1. The number of piperidine rings is 1. The topological polar surface area (TPSA) is 131 Å². The van der Waals surface area contributed by atoms with Gasteiger partial charge in [-0.25, -0.2) is 18.3 Å². The molecule has 0 aliphatic carbocycles. The van der Waals surface area contributed by atoms with Crippen molar-refractivity contribution < 1.29 is 41.4 Å². The molecule has 0 radical (unpaired) electrons. The number of likely N-dealkylation sites (tertiary alicyclic amines) is 1. The molecule has 4 rings (SSSR count). The van der Waals surface area contributed by atoms with Gasteiger partial charge < -0.3 is 21.1 Å². The standard InChI is InChI=1S/C21H21F2N5O2.C2HF3O2/c1-27-6-2-3-12(10-27)21(30)25-18-5-4-15(9-17(18)23)28-11-13-7-14(22)8-16(20(24)29)19(13)26-28;3-2(4,5)1(6)7/h4-5,7-9,11-12H,2-3,6,10H2,1H3,(H2,24,29)(H,25,30);(H,6,7)/t12-;/m1./s1. The number of nitrogens with one attached hydrogen (secondary N) is 1. The number of alkyl halides is 3. The fourth-order valence-corrected chi connectivity index (χ4v) is 3.78. The van der Waals surface area contributed by atoms with E-state index in [1.165, 1.54) is 29.1 Å². The summed E-state index contributed by atoms with van der Waals surface area (Å²) in [6.45, 7) is 1.59. The van der Waals surface area contributed by atoms with Gasteiger partial charge in [0.15, 0.2) is 0 Å². The smallest absolute Gasteiger partial charge is 0.475 e. The predicted molar refractivity (Wildman–Crippen MR) is 122 cm³/mol. The Morgan fingerprint density at radius 1 is 1.16 bits per heavy atom. The van der Waals surface area contributed by atoms with Gasteiger partial charge in [0.1, 0.15) is 17.2 Å². The van der Waals surface area contributed by atoms with Gasteiger partial charge in [0.2, 0.25) is 5.91 Å². The number of anilines is 1. The van der Waals surface area contributed by atoms with Gasteiger partial charge in [-0.05, 0) is 50.7 Å². The van der Waals surface area contributed by atoms with Crippen LogP contribution in [0.25, 0.3) is 16.6 Å². The summed E-state index contributed by atoms with van der Waals surface area (Å²) in [6.07, 6.45) is -1.90. The molecule has 14 heteroatoms. The number of amides is 2. The van der Waals surface area contributed by atoms with E-state index in [1.807, 2.05) is 7.05 Å². The van der Waals surface area contributed by atoms with Crippen molar-refractivity contribution >= 4 is 34.4 Å². The Balaban J connectivity index is 0.000000479. The quantitative estimate of drug-likeness (QED) is 0.447. The summed E-state index contributed by atoms with van der Waals surface area (Å²) >= 11 is 0. The van der Waals surface area contributed by atoms with Gasteiger partial charge >= 0.3 is 12.1 Å². The minimum absolute atomic E-state index is 0.0504. The molecular weight excluding hydrogens is 505 g/mol. The third-order valence-corrected chi connectivity index (χ3v) is 5.55. The second kappa shape index (κ2) is 10.9. The number of halogens is 5. The monoisotopic (exact) mass is 527 g/mol. The maximum atomic E-state index is 14.7. The molecule has 1 aliphatic rings. The van der Waals surface area contributed by atoms with Crippen LogP contribution in [0.3, 0.4) is 0 Å². The number of hydrogen-bond acceptors (Lipinski definition) is 5. The number of rotatable bonds is 4. The van der Waals surface area contributed by atoms with Crippen LogP contribution >= 0.6 is 0 Å². The molecule has 198 valence electrons. The van der Waals surface area contributed by atoms with Gasteiger partial charge in [-0.15, -0.1) is 0 Å². The Morgan fingerprint density at radius 2 is 1.84 bits per heavy atom. The lowest BCUT2D eigenvalue weighted by atomic mass is 9.97. The highest BCUT2D eigenvalue weighted by atomic mass is 19.4. The van der Waals surface area contributed by atoms with Crippen LogP contribution in [0.1, 0.15) is 23.2 Å². The van der Waals surface area contributed by atoms with E-state index in [-0.39, 0.29) is 28.6 Å². The number of benzene rings is 2. The fraction of sp³-hybridized carbons (Fsp3) is 0.304. The van der Waals surface area contributed by atoms with E-state index in [0.717, 1.165) is 25.5 Å². The summed E-state index contributed by atoms with van der Waals surface area (Å²) in [5, 5.41) is 14.4. The number of carboxylic acid groups (broad SMARTS) is 1. The molecule has 3 aromatic rings. The zero-order valence-corrected chi connectivity index (χ0v) is 19.4. The number of hydrogen-bond donors (Lipinski definition) is 3. The SMILES string of the molecule is CN1CCC[C@@H](C(=O)Nc2ccc(-n3cc4cc(F)cc(C(N)=O)c4n3)cc2F)C1.O=C(O)C(F)(F)F. The predicted octanol–water partition coefficient (Wildman–Crippen LogP) is 3.32. The fourth-order valence-electron chi connectivity index (χ4n) is 3.78. The van der Waals surface area contributed by atoms with Gasteiger partial charge in [-0.1, -0.05) is 0 Å². The van der Waals surface area contributed by atoms with E-state index >= 15 is 0 Å². The van der Waals surface area contributed by atoms with Crippen LogP contribution in [0.4, 0.5) is 27.6 Å². The molecule has 1 saturated heterocycles. The second-order valence-corrected chi connectivity index (χ2v) is 8.39. The van der Waals surface area contributed by atoms with Crippen molar-refractivity contribution in [3.8, 4) is 5.69 Å². The minimum Gasteiger partial charge on any atom is -0.475 e. The van der Waals surface area contributed by atoms with Crippen LogP contribution < -0.4 is 11.1 Å². The summed E-state index contributed by atoms with van der Waals surface area (Å²) < 4.78 is 61.5. The maximum absolute atomic E-state index is 14.7. The molecule has 0 spiro atoms. The average molecular weight is 527 g/mol. The summed E-state index contributed by atoms with van der Waals surface area (Å²) in [5.74, 6) is -5.19. The summed E-state index contributed by atoms with van der Waals surface area (Å²) in [5.41, 5.74) is 5.91. The zero-order chi connectivity index (χ0) is 27.5. The van der Waals surface area contributed by atoms with Crippen molar-refractivity contribution in [3.05, 3.63) is 53.7 Å². The molecule has 1 fully saturated rings. The largest absolute Gasteiger partial charge is 0.490 e. The summed E-state index contributed by atoms with van der Waals surface area (Å²) in [6, 6.07) is 6.49. The molecule has 2 heterocycles. The van der Waals surface area contributed by atoms with Crippen LogP contribution in [0.2, 0.25) is 0 Å². The van der Waals surface area contributed by atoms with E-state index in [4.69, 9.17) is 15.6 Å². The molecule has 4 N–H and O–H groups in total. The highest BCUT2D eigenvalue weighted by Crippen LogP contribution is 2.24. The molecule has 37 heavy (non-hydrogen) atoms. The number of carbonyl (C=O) groups excluding carboxylic acids is 2. The molecular formula is C23H22F5N5O4. The van der Waals surface area contributed by atoms with Gasteiger partial charge in [0, 0.05) is 24.2 Å². The van der Waals surface area contributed by atoms with Gasteiger partial charge in [0.25, 0.3) is 5.91 Å². The number of nitrogens with zero attached hydrogens (tertiary/aromatic N) is 3. The summed E-state index contributed by atoms with van der Waals surface area (Å²) in [4.78, 5) is 35.0. The average Bonchev–Trinajstić information content (AvgIpc) is 3.23. The lowest BCUT2D eigenvalue weighted by Crippen LogP contribution is -2.38. The summed E-state index contributed by atoms with van der Waals surface area (Å²) in [7, 11) is 1.96. The Kier molecular flexibility index (Phi) is 8.11. The van der Waals surface area contributed by atoms with Crippen LogP contribution in [0.15, 0.2) is 36.5 Å². The Bertz CT molecular complexity index is 1340. The number of aliphatic carboxylic acids is 1. The molecule has 2 aromatic carbocycles. The van der Waals surface area contributed by atoms with Crippen molar-refractivity contribution in [2.24, 2.45) is 11.7 Å². The van der Waals surface area contributed by atoms with Crippen LogP contribution in [0, 0.1) is 17.6 Å². The first-order chi connectivity index (χ1) is 17.3. The first-order valence-electron chi connectivity index (χ1n) is 10.8. The number of carboxylic acids is 1. The minimum atomic E-state index is -5.08. The molecule has 1 aliphatic heterocycles. The molecule has 0 unspecified atom stereocenters. The van der Waals surface area contributed by atoms with E-state index in [0.29, 0.717) is 17.6 Å². The van der Waals surface area contributed by atoms with Crippen LogP contribution in [0.5, 0.6) is 0 Å². The number of primary amides is 1. The first-order valence-corrected chi connectivity index (χ1v) is 10.8. The number of aromatic nitrogens is 2. The molecule has 1 atom stereocenters. The van der Waals surface area contributed by atoms with Crippen molar-refractivity contribution in [3.63, 3.8) is 0 Å². The molecule has 9 nitrogen and oxygen atoms in total. The molecule has 2 amide bonds. The number of carbonyl (C=O) groups is 3. The lowest BCUT2D eigenvalue weighted by Gasteiger charge is -2.28. The van der Waals surface area contributed by atoms with Crippen molar-refractivity contribution in [1.82, 2.24) is 14.7 Å². The number of fused-ring (bicyclic) bond motifs is 1. The molecule has 1 aromatic heterocycles. The Morgan fingerprint density at radius 3 is 2.41 bits per heavy atom. The Labute approximate surface area is 206 Å². The second-order valence-electron chi connectivity index (χ2n) is 8.39. The van der Waals surface area contributed by atoms with Crippen molar-refractivity contribution in [1.29, 1.82) is 0 Å². The van der Waals surface area contributed by atoms with Crippen LogP contribution in [-0.4, -0.2) is 63.9 Å². The first kappa shape index (κ1) is 27.5. The van der Waals surface area contributed by atoms with Crippen molar-refractivity contribution in [2.45, 2.75) is 19.0 Å².